The highest BCUT2D eigenvalue weighted by Gasteiger charge is 2.11. The highest BCUT2D eigenvalue weighted by molar-refractivity contribution is 5.96. The van der Waals surface area contributed by atoms with Gasteiger partial charge in [-0.05, 0) is 36.4 Å². The van der Waals surface area contributed by atoms with Crippen LogP contribution in [0.4, 0.5) is 17.3 Å². The second-order valence-corrected chi connectivity index (χ2v) is 5.74. The third-order valence-corrected chi connectivity index (χ3v) is 3.86. The largest absolute Gasteiger partial charge is 0.497 e. The van der Waals surface area contributed by atoms with Crippen LogP contribution in [0.15, 0.2) is 60.9 Å². The molecule has 10 heteroatoms. The highest BCUT2D eigenvalue weighted by atomic mass is 16.5. The third-order valence-electron chi connectivity index (χ3n) is 3.86. The van der Waals surface area contributed by atoms with Crippen LogP contribution in [0, 0.1) is 0 Å². The molecule has 0 spiro atoms. The van der Waals surface area contributed by atoms with Gasteiger partial charge in [0.1, 0.15) is 17.8 Å². The fraction of sp³-hybridized carbons (Fsp3) is 0.0526. The second kappa shape index (κ2) is 9.04. The van der Waals surface area contributed by atoms with Crippen LogP contribution in [-0.4, -0.2) is 28.9 Å². The van der Waals surface area contributed by atoms with Crippen molar-refractivity contribution in [2.24, 2.45) is 0 Å². The lowest BCUT2D eigenvalue weighted by atomic mass is 10.2. The number of hydrazine groups is 2. The first-order valence-electron chi connectivity index (χ1n) is 8.50. The van der Waals surface area contributed by atoms with Gasteiger partial charge in [-0.25, -0.2) is 9.97 Å². The van der Waals surface area contributed by atoms with Crippen molar-refractivity contribution in [3.63, 3.8) is 0 Å². The van der Waals surface area contributed by atoms with Crippen molar-refractivity contribution in [3.05, 3.63) is 72.1 Å². The Morgan fingerprint density at radius 2 is 1.34 bits per heavy atom. The van der Waals surface area contributed by atoms with Gasteiger partial charge in [-0.15, -0.1) is 0 Å². The van der Waals surface area contributed by atoms with Gasteiger partial charge < -0.3 is 10.5 Å². The van der Waals surface area contributed by atoms with Crippen LogP contribution in [0.1, 0.15) is 20.7 Å². The Bertz CT molecular complexity index is 994. The van der Waals surface area contributed by atoms with E-state index in [1.54, 1.807) is 55.6 Å². The van der Waals surface area contributed by atoms with Gasteiger partial charge in [0.05, 0.1) is 7.11 Å². The van der Waals surface area contributed by atoms with Crippen molar-refractivity contribution in [2.75, 3.05) is 23.7 Å². The summed E-state index contributed by atoms with van der Waals surface area (Å²) >= 11 is 0. The molecule has 0 saturated heterocycles. The van der Waals surface area contributed by atoms with E-state index in [0.717, 1.165) is 0 Å². The number of benzene rings is 2. The number of rotatable bonds is 7. The molecule has 0 unspecified atom stereocenters. The summed E-state index contributed by atoms with van der Waals surface area (Å²) in [5.41, 5.74) is 17.3. The first-order valence-corrected chi connectivity index (χ1v) is 8.50. The standard InChI is InChI=1S/C19H19N7O3/c1-29-14-9-7-13(8-10-14)19(28)26-24-17-15(20)16(21-11-22-17)23-25-18(27)12-5-3-2-4-6-12/h2-11H,20H2,1H3,(H,25,27)(H,26,28)(H2,21,22,23,24). The Balaban J connectivity index is 1.60. The van der Waals surface area contributed by atoms with Crippen LogP contribution >= 0.6 is 0 Å². The molecule has 0 bridgehead atoms. The number of hydrogen-bond donors (Lipinski definition) is 5. The Morgan fingerprint density at radius 1 is 0.828 bits per heavy atom. The van der Waals surface area contributed by atoms with Crippen LogP contribution in [0.2, 0.25) is 0 Å². The van der Waals surface area contributed by atoms with Gasteiger partial charge >= 0.3 is 0 Å². The Hall–Kier alpha value is -4.34. The first-order chi connectivity index (χ1) is 14.1. The molecule has 1 heterocycles. The van der Waals surface area contributed by atoms with E-state index in [-0.39, 0.29) is 23.2 Å². The van der Waals surface area contributed by atoms with Crippen molar-refractivity contribution >= 4 is 29.1 Å². The number of carbonyl (C=O) groups is 2. The van der Waals surface area contributed by atoms with E-state index in [2.05, 4.69) is 31.7 Å². The van der Waals surface area contributed by atoms with E-state index in [9.17, 15) is 9.59 Å². The van der Waals surface area contributed by atoms with Gasteiger partial charge in [0, 0.05) is 11.1 Å². The molecule has 0 aliphatic rings. The fourth-order valence-corrected chi connectivity index (χ4v) is 2.30. The lowest BCUT2D eigenvalue weighted by molar-refractivity contribution is 0.0954. The smallest absolute Gasteiger partial charge is 0.269 e. The van der Waals surface area contributed by atoms with Gasteiger partial charge in [-0.2, -0.15) is 0 Å². The summed E-state index contributed by atoms with van der Waals surface area (Å²) in [7, 11) is 1.54. The fourth-order valence-electron chi connectivity index (χ4n) is 2.30. The molecule has 0 atom stereocenters. The van der Waals surface area contributed by atoms with Crippen LogP contribution in [0.25, 0.3) is 0 Å². The molecular weight excluding hydrogens is 374 g/mol. The quantitative estimate of drug-likeness (QED) is 0.381. The second-order valence-electron chi connectivity index (χ2n) is 5.74. The summed E-state index contributed by atoms with van der Waals surface area (Å²) in [5.74, 6) is 0.232. The number of nitrogens with two attached hydrogens (primary N) is 1. The number of nitrogen functional groups attached to an aromatic ring is 1. The minimum Gasteiger partial charge on any atom is -0.497 e. The van der Waals surface area contributed by atoms with Crippen LogP contribution in [0.5, 0.6) is 5.75 Å². The van der Waals surface area contributed by atoms with Crippen molar-refractivity contribution in [2.45, 2.75) is 0 Å². The molecule has 2 amide bonds. The van der Waals surface area contributed by atoms with Gasteiger partial charge in [-0.3, -0.25) is 31.3 Å². The molecule has 0 aliphatic carbocycles. The Kier molecular flexibility index (Phi) is 6.05. The zero-order valence-corrected chi connectivity index (χ0v) is 15.5. The number of methoxy groups -OCH3 is 1. The zero-order valence-electron chi connectivity index (χ0n) is 15.5. The summed E-state index contributed by atoms with van der Waals surface area (Å²) < 4.78 is 5.06. The summed E-state index contributed by atoms with van der Waals surface area (Å²) in [6.07, 6.45) is 1.23. The van der Waals surface area contributed by atoms with Crippen molar-refractivity contribution < 1.29 is 14.3 Å². The molecule has 29 heavy (non-hydrogen) atoms. The topological polar surface area (TPSA) is 143 Å². The van der Waals surface area contributed by atoms with Crippen LogP contribution in [0.3, 0.4) is 0 Å². The predicted octanol–water partition coefficient (Wildman–Crippen LogP) is 1.58. The van der Waals surface area contributed by atoms with Crippen LogP contribution in [-0.2, 0) is 0 Å². The summed E-state index contributed by atoms with van der Waals surface area (Å²) in [6.45, 7) is 0. The van der Waals surface area contributed by atoms with Gasteiger partial charge in [0.25, 0.3) is 11.8 Å². The Labute approximate surface area is 166 Å². The third kappa shape index (κ3) is 4.89. The minimum atomic E-state index is -0.391. The summed E-state index contributed by atoms with van der Waals surface area (Å²) in [4.78, 5) is 32.3. The summed E-state index contributed by atoms with van der Waals surface area (Å²) in [6, 6.07) is 15.2. The molecule has 0 aliphatic heterocycles. The monoisotopic (exact) mass is 393 g/mol. The number of aromatic nitrogens is 2. The molecule has 0 fully saturated rings. The normalized spacial score (nSPS) is 9.97. The SMILES string of the molecule is COc1ccc(C(=O)NNc2ncnc(NNC(=O)c3ccccc3)c2N)cc1. The molecule has 2 aromatic carbocycles. The van der Waals surface area contributed by atoms with Crippen LogP contribution < -0.4 is 32.2 Å². The molecule has 1 aromatic heterocycles. The van der Waals surface area contributed by atoms with E-state index in [0.29, 0.717) is 16.9 Å². The van der Waals surface area contributed by atoms with E-state index in [1.807, 2.05) is 6.07 Å². The molecule has 3 rings (SSSR count). The molecule has 0 saturated carbocycles. The first kappa shape index (κ1) is 19.4. The Morgan fingerprint density at radius 3 is 1.86 bits per heavy atom. The van der Waals surface area contributed by atoms with Gasteiger partial charge in [-0.1, -0.05) is 18.2 Å². The average Bonchev–Trinajstić information content (AvgIpc) is 2.77. The van der Waals surface area contributed by atoms with Crippen molar-refractivity contribution in [1.29, 1.82) is 0 Å². The van der Waals surface area contributed by atoms with E-state index >= 15 is 0 Å². The molecule has 148 valence electrons. The molecule has 3 aromatic rings. The zero-order chi connectivity index (χ0) is 20.6. The summed E-state index contributed by atoms with van der Waals surface area (Å²) in [5, 5.41) is 0. The van der Waals surface area contributed by atoms with Crippen molar-refractivity contribution in [3.8, 4) is 5.75 Å². The van der Waals surface area contributed by atoms with Crippen molar-refractivity contribution in [1.82, 2.24) is 20.8 Å². The average molecular weight is 393 g/mol. The molecule has 6 N–H and O–H groups in total. The number of nitrogens with one attached hydrogen (secondary N) is 4. The van der Waals surface area contributed by atoms with Gasteiger partial charge in [0.15, 0.2) is 11.6 Å². The highest BCUT2D eigenvalue weighted by Crippen LogP contribution is 2.21. The van der Waals surface area contributed by atoms with E-state index in [4.69, 9.17) is 10.5 Å². The number of amides is 2. The maximum Gasteiger partial charge on any atom is 0.269 e. The maximum atomic E-state index is 12.2. The lowest BCUT2D eigenvalue weighted by Gasteiger charge is -2.13. The molecule has 10 nitrogen and oxygen atoms in total. The molecule has 0 radical (unpaired) electrons. The maximum absolute atomic E-state index is 12.2. The number of nitrogens with zero attached hydrogens (tertiary/aromatic N) is 2. The van der Waals surface area contributed by atoms with Gasteiger partial charge in [0.2, 0.25) is 0 Å². The van der Waals surface area contributed by atoms with E-state index in [1.165, 1.54) is 6.33 Å². The number of anilines is 3. The minimum absolute atomic E-state index is 0.107. The van der Waals surface area contributed by atoms with E-state index < -0.39 is 5.91 Å². The number of hydrogen-bond acceptors (Lipinski definition) is 8. The lowest BCUT2D eigenvalue weighted by Crippen LogP contribution is -2.32. The molecular formula is C19H19N7O3. The predicted molar refractivity (Wildman–Crippen MR) is 108 cm³/mol. The number of ether oxygens (including phenoxy) is 1. The number of carbonyl (C=O) groups excluding carboxylic acids is 2.